The molecular weight excluding hydrogens is 323 g/mol. The second-order valence-corrected chi connectivity index (χ2v) is 6.05. The maximum atomic E-state index is 13.0. The SMILES string of the molecule is C=C/C(=N\C(N=C(C)C)=C(C)C)Sc1cccnc1C(F)(F)F. The Bertz CT molecular complexity index is 665. The van der Waals surface area contributed by atoms with Crippen molar-refractivity contribution in [2.45, 2.75) is 38.8 Å². The van der Waals surface area contributed by atoms with Gasteiger partial charge in [-0.15, -0.1) is 0 Å². The minimum Gasteiger partial charge on any atom is -0.251 e. The minimum absolute atomic E-state index is 0.0241. The second kappa shape index (κ2) is 8.10. The smallest absolute Gasteiger partial charge is 0.251 e. The Morgan fingerprint density at radius 3 is 2.35 bits per heavy atom. The summed E-state index contributed by atoms with van der Waals surface area (Å²) < 4.78 is 39.0. The average Bonchev–Trinajstić information content (AvgIpc) is 2.44. The van der Waals surface area contributed by atoms with Crippen LogP contribution in [-0.4, -0.2) is 15.7 Å². The first-order valence-corrected chi connectivity index (χ1v) is 7.57. The molecule has 1 rings (SSSR count). The van der Waals surface area contributed by atoms with Gasteiger partial charge in [0.05, 0.1) is 0 Å². The van der Waals surface area contributed by atoms with E-state index >= 15 is 0 Å². The number of thioether (sulfide) groups is 1. The van der Waals surface area contributed by atoms with Gasteiger partial charge in [-0.3, -0.25) is 4.98 Å². The van der Waals surface area contributed by atoms with E-state index in [2.05, 4.69) is 21.5 Å². The first-order valence-electron chi connectivity index (χ1n) is 6.75. The molecule has 1 aromatic rings. The standard InChI is InChI=1S/C16H18F3N3S/c1-6-13(22-15(10(2)3)21-11(4)5)23-12-8-7-9-20-14(12)16(17,18)19/h6-9H,1H2,2-5H3/b22-13+. The van der Waals surface area contributed by atoms with E-state index in [0.29, 0.717) is 10.9 Å². The zero-order valence-electron chi connectivity index (χ0n) is 13.4. The van der Waals surface area contributed by atoms with Crippen LogP contribution in [0.15, 0.2) is 57.3 Å². The maximum absolute atomic E-state index is 13.0. The fourth-order valence-electron chi connectivity index (χ4n) is 1.47. The molecule has 7 heteroatoms. The summed E-state index contributed by atoms with van der Waals surface area (Å²) in [6.45, 7) is 10.9. The molecule has 0 aromatic carbocycles. The van der Waals surface area contributed by atoms with Crippen molar-refractivity contribution >= 4 is 22.5 Å². The molecule has 0 fully saturated rings. The molecule has 1 aromatic heterocycles. The lowest BCUT2D eigenvalue weighted by Gasteiger charge is -2.11. The average molecular weight is 341 g/mol. The third-order valence-corrected chi connectivity index (χ3v) is 3.44. The molecule has 0 aliphatic heterocycles. The Morgan fingerprint density at radius 1 is 1.22 bits per heavy atom. The van der Waals surface area contributed by atoms with Crippen molar-refractivity contribution in [3.63, 3.8) is 0 Å². The van der Waals surface area contributed by atoms with Gasteiger partial charge in [0.1, 0.15) is 5.04 Å². The summed E-state index contributed by atoms with van der Waals surface area (Å²) in [6, 6.07) is 2.81. The van der Waals surface area contributed by atoms with Crippen molar-refractivity contribution < 1.29 is 13.2 Å². The summed E-state index contributed by atoms with van der Waals surface area (Å²) in [5, 5.41) is 0.324. The lowest BCUT2D eigenvalue weighted by molar-refractivity contribution is -0.143. The quantitative estimate of drug-likeness (QED) is 0.411. The summed E-state index contributed by atoms with van der Waals surface area (Å²) in [5.41, 5.74) is 0.720. The lowest BCUT2D eigenvalue weighted by atomic mass is 10.3. The predicted molar refractivity (Wildman–Crippen MR) is 89.9 cm³/mol. The van der Waals surface area contributed by atoms with Crippen molar-refractivity contribution in [2.75, 3.05) is 0 Å². The van der Waals surface area contributed by atoms with Crippen LogP contribution < -0.4 is 0 Å². The van der Waals surface area contributed by atoms with Crippen LogP contribution in [0.1, 0.15) is 33.4 Å². The number of aliphatic imine (C=N–C) groups is 2. The third-order valence-electron chi connectivity index (χ3n) is 2.42. The molecule has 0 amide bonds. The van der Waals surface area contributed by atoms with Gasteiger partial charge in [0.15, 0.2) is 11.5 Å². The van der Waals surface area contributed by atoms with Gasteiger partial charge in [-0.2, -0.15) is 13.2 Å². The van der Waals surface area contributed by atoms with E-state index < -0.39 is 11.9 Å². The van der Waals surface area contributed by atoms with Gasteiger partial charge in [-0.25, -0.2) is 9.98 Å². The number of aromatic nitrogens is 1. The topological polar surface area (TPSA) is 37.6 Å². The summed E-state index contributed by atoms with van der Waals surface area (Å²) in [4.78, 5) is 12.0. The maximum Gasteiger partial charge on any atom is 0.434 e. The monoisotopic (exact) mass is 341 g/mol. The molecule has 0 spiro atoms. The lowest BCUT2D eigenvalue weighted by Crippen LogP contribution is -2.10. The normalized spacial score (nSPS) is 11.9. The van der Waals surface area contributed by atoms with Crippen molar-refractivity contribution in [1.29, 1.82) is 0 Å². The van der Waals surface area contributed by atoms with Gasteiger partial charge in [-0.1, -0.05) is 18.3 Å². The molecule has 0 atom stereocenters. The van der Waals surface area contributed by atoms with E-state index in [4.69, 9.17) is 0 Å². The second-order valence-electron chi connectivity index (χ2n) is 4.99. The molecular formula is C16H18F3N3S. The molecule has 0 bridgehead atoms. The molecule has 0 radical (unpaired) electrons. The van der Waals surface area contributed by atoms with Crippen molar-refractivity contribution in [2.24, 2.45) is 9.98 Å². The van der Waals surface area contributed by atoms with Gasteiger partial charge >= 0.3 is 6.18 Å². The van der Waals surface area contributed by atoms with E-state index in [1.165, 1.54) is 18.2 Å². The van der Waals surface area contributed by atoms with E-state index in [1.807, 2.05) is 27.7 Å². The van der Waals surface area contributed by atoms with Crippen LogP contribution in [0.2, 0.25) is 0 Å². The van der Waals surface area contributed by atoms with Gasteiger partial charge in [-0.05, 0) is 51.5 Å². The van der Waals surface area contributed by atoms with Crippen LogP contribution in [0, 0.1) is 0 Å². The Labute approximate surface area is 138 Å². The first kappa shape index (κ1) is 19.2. The number of hydrogen-bond donors (Lipinski definition) is 0. The Hall–Kier alpha value is -1.89. The van der Waals surface area contributed by atoms with Gasteiger partial charge in [0.2, 0.25) is 0 Å². The van der Waals surface area contributed by atoms with E-state index in [-0.39, 0.29) is 4.90 Å². The van der Waals surface area contributed by atoms with Crippen LogP contribution in [0.4, 0.5) is 13.2 Å². The Balaban J connectivity index is 3.25. The predicted octanol–water partition coefficient (Wildman–Crippen LogP) is 5.51. The zero-order valence-corrected chi connectivity index (χ0v) is 14.2. The number of halogens is 3. The van der Waals surface area contributed by atoms with Crippen LogP contribution in [0.3, 0.4) is 0 Å². The summed E-state index contributed by atoms with van der Waals surface area (Å²) in [6.07, 6.45) is -2.00. The van der Waals surface area contributed by atoms with Crippen LogP contribution >= 0.6 is 11.8 Å². The van der Waals surface area contributed by atoms with E-state index in [1.54, 1.807) is 0 Å². The number of rotatable bonds is 4. The number of nitrogens with zero attached hydrogens (tertiary/aromatic N) is 3. The zero-order chi connectivity index (χ0) is 17.6. The Morgan fingerprint density at radius 2 is 1.87 bits per heavy atom. The molecule has 0 aliphatic rings. The van der Waals surface area contributed by atoms with Crippen LogP contribution in [0.25, 0.3) is 0 Å². The molecule has 0 saturated heterocycles. The molecule has 0 aliphatic carbocycles. The molecule has 0 N–H and O–H groups in total. The van der Waals surface area contributed by atoms with Crippen molar-refractivity contribution in [3.05, 3.63) is 48.1 Å². The molecule has 3 nitrogen and oxygen atoms in total. The molecule has 23 heavy (non-hydrogen) atoms. The molecule has 0 unspecified atom stereocenters. The summed E-state index contributed by atoms with van der Waals surface area (Å²) >= 11 is 0.861. The Kier molecular flexibility index (Phi) is 6.75. The van der Waals surface area contributed by atoms with Crippen LogP contribution in [-0.2, 0) is 6.18 Å². The highest BCUT2D eigenvalue weighted by Crippen LogP contribution is 2.35. The number of hydrogen-bond acceptors (Lipinski definition) is 4. The molecule has 124 valence electrons. The van der Waals surface area contributed by atoms with Gasteiger partial charge < -0.3 is 0 Å². The fourth-order valence-corrected chi connectivity index (χ4v) is 2.33. The minimum atomic E-state index is -4.52. The highest BCUT2D eigenvalue weighted by atomic mass is 32.2. The largest absolute Gasteiger partial charge is 0.434 e. The summed E-state index contributed by atoms with van der Waals surface area (Å²) in [7, 11) is 0. The number of allylic oxidation sites excluding steroid dienone is 1. The van der Waals surface area contributed by atoms with E-state index in [0.717, 1.165) is 29.2 Å². The summed E-state index contributed by atoms with van der Waals surface area (Å²) in [5.74, 6) is 0.463. The molecule has 0 saturated carbocycles. The fraction of sp³-hybridized carbons (Fsp3) is 0.312. The molecule has 1 heterocycles. The van der Waals surface area contributed by atoms with Gasteiger partial charge in [0.25, 0.3) is 0 Å². The number of pyridine rings is 1. The van der Waals surface area contributed by atoms with Crippen molar-refractivity contribution in [3.8, 4) is 0 Å². The van der Waals surface area contributed by atoms with E-state index in [9.17, 15) is 13.2 Å². The highest BCUT2D eigenvalue weighted by molar-refractivity contribution is 8.14. The van der Waals surface area contributed by atoms with Gasteiger partial charge in [0, 0.05) is 16.8 Å². The third kappa shape index (κ3) is 6.02. The first-order chi connectivity index (χ1) is 10.6. The highest BCUT2D eigenvalue weighted by Gasteiger charge is 2.35. The van der Waals surface area contributed by atoms with Crippen molar-refractivity contribution in [1.82, 2.24) is 4.98 Å². The number of alkyl halides is 3. The van der Waals surface area contributed by atoms with Crippen LogP contribution in [0.5, 0.6) is 0 Å².